The van der Waals surface area contributed by atoms with E-state index >= 15 is 0 Å². The Bertz CT molecular complexity index is 1230. The minimum atomic E-state index is 0.622. The third kappa shape index (κ3) is 3.78. The summed E-state index contributed by atoms with van der Waals surface area (Å²) in [5, 5.41) is 12.4. The predicted molar refractivity (Wildman–Crippen MR) is 115 cm³/mol. The van der Waals surface area contributed by atoms with Gasteiger partial charge in [-0.2, -0.15) is 0 Å². The normalized spacial score (nSPS) is 10.8. The summed E-state index contributed by atoms with van der Waals surface area (Å²) in [4.78, 5) is 18.5. The van der Waals surface area contributed by atoms with E-state index in [4.69, 9.17) is 0 Å². The van der Waals surface area contributed by atoms with Crippen molar-refractivity contribution in [2.45, 2.75) is 6.54 Å². The van der Waals surface area contributed by atoms with Crippen molar-refractivity contribution in [1.82, 2.24) is 34.7 Å². The number of para-hydroxylation sites is 1. The monoisotopic (exact) mass is 412 g/mol. The Hall–Kier alpha value is -3.98. The predicted octanol–water partition coefficient (Wildman–Crippen LogP) is 3.85. The van der Waals surface area contributed by atoms with Crippen molar-refractivity contribution >= 4 is 17.2 Å². The fraction of sp³-hybridized carbons (Fsp3) is 0.0476. The average molecular weight is 412 g/mol. The van der Waals surface area contributed by atoms with E-state index in [1.165, 1.54) is 0 Å². The molecule has 5 rings (SSSR count). The first-order chi connectivity index (χ1) is 14.9. The Morgan fingerprint density at radius 2 is 1.73 bits per heavy atom. The van der Waals surface area contributed by atoms with Crippen molar-refractivity contribution in [1.29, 1.82) is 0 Å². The number of hydrogen-bond donors (Lipinski definition) is 1. The summed E-state index contributed by atoms with van der Waals surface area (Å²) in [5.41, 5.74) is 1.89. The molecule has 8 nitrogen and oxygen atoms in total. The van der Waals surface area contributed by atoms with Crippen LogP contribution in [0.2, 0.25) is 0 Å². The fourth-order valence-corrected chi connectivity index (χ4v) is 3.72. The van der Waals surface area contributed by atoms with Crippen LogP contribution in [0.25, 0.3) is 27.9 Å². The minimum Gasteiger partial charge on any atom is -0.365 e. The number of aromatic nitrogens is 7. The molecule has 146 valence electrons. The van der Waals surface area contributed by atoms with Gasteiger partial charge in [0, 0.05) is 40.9 Å². The highest BCUT2D eigenvalue weighted by Crippen LogP contribution is 2.23. The number of rotatable bonds is 6. The van der Waals surface area contributed by atoms with E-state index in [9.17, 15) is 0 Å². The first kappa shape index (κ1) is 18.1. The van der Waals surface area contributed by atoms with Crippen molar-refractivity contribution in [2.75, 3.05) is 5.32 Å². The molecule has 4 heterocycles. The highest BCUT2D eigenvalue weighted by molar-refractivity contribution is 7.14. The molecule has 0 spiro atoms. The molecule has 0 amide bonds. The average Bonchev–Trinajstić information content (AvgIpc) is 3.49. The number of benzene rings is 1. The number of pyridine rings is 1. The molecular weight excluding hydrogens is 396 g/mol. The van der Waals surface area contributed by atoms with E-state index in [1.807, 2.05) is 53.2 Å². The van der Waals surface area contributed by atoms with Gasteiger partial charge >= 0.3 is 0 Å². The largest absolute Gasteiger partial charge is 0.365 e. The van der Waals surface area contributed by atoms with E-state index in [2.05, 4.69) is 35.5 Å². The summed E-state index contributed by atoms with van der Waals surface area (Å²) in [7, 11) is 0. The molecule has 1 aromatic carbocycles. The van der Waals surface area contributed by atoms with Gasteiger partial charge in [-0.05, 0) is 30.3 Å². The van der Waals surface area contributed by atoms with Crippen LogP contribution in [0.3, 0.4) is 0 Å². The van der Waals surface area contributed by atoms with Crippen LogP contribution in [0.5, 0.6) is 0 Å². The SMILES string of the molecule is c1ccc(-n2cnnc2-c2ccc(NCc3cnc(-c4ncccn4)s3)nc2)cc1. The van der Waals surface area contributed by atoms with Gasteiger partial charge < -0.3 is 5.32 Å². The van der Waals surface area contributed by atoms with Crippen LogP contribution in [0.15, 0.2) is 79.6 Å². The van der Waals surface area contributed by atoms with Gasteiger partial charge in [0.25, 0.3) is 0 Å². The Labute approximate surface area is 176 Å². The number of nitrogens with one attached hydrogen (secondary N) is 1. The van der Waals surface area contributed by atoms with Crippen LogP contribution < -0.4 is 5.32 Å². The molecule has 0 aliphatic rings. The van der Waals surface area contributed by atoms with E-state index < -0.39 is 0 Å². The minimum absolute atomic E-state index is 0.622. The number of anilines is 1. The van der Waals surface area contributed by atoms with Crippen LogP contribution in [-0.2, 0) is 6.54 Å². The molecule has 0 bridgehead atoms. The second-order valence-corrected chi connectivity index (χ2v) is 7.47. The van der Waals surface area contributed by atoms with Crippen LogP contribution in [0.4, 0.5) is 5.82 Å². The Morgan fingerprint density at radius 1 is 0.867 bits per heavy atom. The number of hydrogen-bond acceptors (Lipinski definition) is 8. The van der Waals surface area contributed by atoms with Crippen LogP contribution in [0, 0.1) is 0 Å². The van der Waals surface area contributed by atoms with Gasteiger partial charge in [-0.25, -0.2) is 19.9 Å². The molecule has 0 radical (unpaired) electrons. The van der Waals surface area contributed by atoms with Crippen LogP contribution >= 0.6 is 11.3 Å². The van der Waals surface area contributed by atoms with Crippen LogP contribution in [-0.4, -0.2) is 34.7 Å². The van der Waals surface area contributed by atoms with Crippen molar-refractivity contribution in [2.24, 2.45) is 0 Å². The summed E-state index contributed by atoms with van der Waals surface area (Å²) >= 11 is 1.56. The molecule has 0 saturated heterocycles. The molecule has 1 N–H and O–H groups in total. The van der Waals surface area contributed by atoms with Gasteiger partial charge in [0.2, 0.25) is 0 Å². The van der Waals surface area contributed by atoms with Gasteiger partial charge in [-0.3, -0.25) is 4.57 Å². The van der Waals surface area contributed by atoms with E-state index in [-0.39, 0.29) is 0 Å². The molecule has 5 aromatic rings. The van der Waals surface area contributed by atoms with Gasteiger partial charge in [-0.1, -0.05) is 18.2 Å². The van der Waals surface area contributed by atoms with Crippen molar-refractivity contribution in [3.8, 4) is 27.9 Å². The van der Waals surface area contributed by atoms with Crippen molar-refractivity contribution in [3.05, 3.63) is 84.5 Å². The Morgan fingerprint density at radius 3 is 2.53 bits per heavy atom. The molecule has 0 atom stereocenters. The van der Waals surface area contributed by atoms with Crippen molar-refractivity contribution < 1.29 is 0 Å². The maximum atomic E-state index is 4.52. The second-order valence-electron chi connectivity index (χ2n) is 6.35. The third-order valence-corrected chi connectivity index (χ3v) is 5.35. The summed E-state index contributed by atoms with van der Waals surface area (Å²) < 4.78 is 1.94. The molecule has 0 unspecified atom stereocenters. The zero-order valence-corrected chi connectivity index (χ0v) is 16.6. The van der Waals surface area contributed by atoms with Crippen molar-refractivity contribution in [3.63, 3.8) is 0 Å². The standard InChI is InChI=1S/C21H16N8S/c1-2-5-16(6-3-1)29-14-27-28-20(29)15-7-8-18(24-11-15)25-12-17-13-26-21(30-17)19-22-9-4-10-23-19/h1-11,13-14H,12H2,(H,24,25). The highest BCUT2D eigenvalue weighted by atomic mass is 32.1. The van der Waals surface area contributed by atoms with Gasteiger partial charge in [0.05, 0.1) is 6.54 Å². The fourth-order valence-electron chi connectivity index (χ4n) is 2.92. The summed E-state index contributed by atoms with van der Waals surface area (Å²) in [6.07, 6.45) is 8.76. The molecule has 30 heavy (non-hydrogen) atoms. The van der Waals surface area contributed by atoms with Gasteiger partial charge in [0.15, 0.2) is 16.7 Å². The van der Waals surface area contributed by atoms with Gasteiger partial charge in [-0.15, -0.1) is 21.5 Å². The zero-order chi connectivity index (χ0) is 20.2. The first-order valence-electron chi connectivity index (χ1n) is 9.25. The Kier molecular flexibility index (Phi) is 4.93. The van der Waals surface area contributed by atoms with E-state index in [0.717, 1.165) is 32.8 Å². The number of nitrogens with zero attached hydrogens (tertiary/aromatic N) is 7. The van der Waals surface area contributed by atoms with Crippen LogP contribution in [0.1, 0.15) is 4.88 Å². The lowest BCUT2D eigenvalue weighted by atomic mass is 10.2. The first-order valence-corrected chi connectivity index (χ1v) is 10.1. The lowest BCUT2D eigenvalue weighted by Crippen LogP contribution is -2.00. The Balaban J connectivity index is 1.28. The molecule has 4 aromatic heterocycles. The summed E-state index contributed by atoms with van der Waals surface area (Å²) in [6, 6.07) is 15.7. The smallest absolute Gasteiger partial charge is 0.188 e. The topological polar surface area (TPSA) is 94.3 Å². The van der Waals surface area contributed by atoms with E-state index in [1.54, 1.807) is 42.3 Å². The lowest BCUT2D eigenvalue weighted by molar-refractivity contribution is 1.06. The molecular formula is C21H16N8S. The molecule has 0 saturated carbocycles. The maximum absolute atomic E-state index is 4.52. The quantitative estimate of drug-likeness (QED) is 0.453. The molecule has 0 aliphatic heterocycles. The highest BCUT2D eigenvalue weighted by Gasteiger charge is 2.10. The van der Waals surface area contributed by atoms with E-state index in [0.29, 0.717) is 12.4 Å². The second kappa shape index (κ2) is 8.18. The maximum Gasteiger partial charge on any atom is 0.188 e. The lowest BCUT2D eigenvalue weighted by Gasteiger charge is -2.07. The molecule has 0 fully saturated rings. The summed E-state index contributed by atoms with van der Waals surface area (Å²) in [6.45, 7) is 0.622. The molecule has 0 aliphatic carbocycles. The number of thiazole rings is 1. The zero-order valence-electron chi connectivity index (χ0n) is 15.8. The summed E-state index contributed by atoms with van der Waals surface area (Å²) in [5.74, 6) is 2.16. The third-order valence-electron chi connectivity index (χ3n) is 4.36. The molecule has 9 heteroatoms. The van der Waals surface area contributed by atoms with Gasteiger partial charge in [0.1, 0.15) is 12.1 Å².